The standard InChI is InChI=1S/C24H26Cl2P2/c25-17-9-19-27(21-11-3-1-4-12-21)23-15-7-8-16-24(23)28(20-10-18-26)22-13-5-2-6-14-22/h1-8,11-16H,9-10,17-20H2. The van der Waals surface area contributed by atoms with Gasteiger partial charge in [-0.1, -0.05) is 84.9 Å². The third-order valence-electron chi connectivity index (χ3n) is 4.63. The Kier molecular flexibility index (Phi) is 9.30. The fraction of sp³-hybridized carbons (Fsp3) is 0.250. The molecule has 0 bridgehead atoms. The van der Waals surface area contributed by atoms with Crippen LogP contribution in [-0.2, 0) is 0 Å². The van der Waals surface area contributed by atoms with Crippen LogP contribution >= 0.6 is 39.0 Å². The molecule has 0 heterocycles. The Hall–Kier alpha value is -0.900. The summed E-state index contributed by atoms with van der Waals surface area (Å²) in [5.41, 5.74) is 0. The second kappa shape index (κ2) is 11.9. The van der Waals surface area contributed by atoms with E-state index in [1.165, 1.54) is 21.2 Å². The lowest BCUT2D eigenvalue weighted by Gasteiger charge is -2.26. The molecule has 3 aromatic rings. The highest BCUT2D eigenvalue weighted by Crippen LogP contribution is 2.40. The van der Waals surface area contributed by atoms with Crippen LogP contribution in [0.15, 0.2) is 84.9 Å². The molecule has 0 nitrogen and oxygen atoms in total. The maximum absolute atomic E-state index is 6.09. The predicted molar refractivity (Wildman–Crippen MR) is 132 cm³/mol. The lowest BCUT2D eigenvalue weighted by molar-refractivity contribution is 1.11. The minimum absolute atomic E-state index is 0.417. The Balaban J connectivity index is 2.05. The van der Waals surface area contributed by atoms with Gasteiger partial charge >= 0.3 is 0 Å². The summed E-state index contributed by atoms with van der Waals surface area (Å²) in [4.78, 5) is 0. The van der Waals surface area contributed by atoms with Gasteiger partial charge < -0.3 is 0 Å². The van der Waals surface area contributed by atoms with Crippen LogP contribution in [0.25, 0.3) is 0 Å². The molecule has 146 valence electrons. The van der Waals surface area contributed by atoms with Gasteiger partial charge in [-0.05, 0) is 62.2 Å². The van der Waals surface area contributed by atoms with Gasteiger partial charge in [0.25, 0.3) is 0 Å². The van der Waals surface area contributed by atoms with Crippen molar-refractivity contribution in [3.05, 3.63) is 84.9 Å². The molecule has 0 saturated carbocycles. The highest BCUT2D eigenvalue weighted by atomic mass is 35.5. The van der Waals surface area contributed by atoms with E-state index in [0.717, 1.165) is 25.2 Å². The lowest BCUT2D eigenvalue weighted by Crippen LogP contribution is -2.30. The molecule has 0 fully saturated rings. The van der Waals surface area contributed by atoms with E-state index in [1.54, 1.807) is 0 Å². The van der Waals surface area contributed by atoms with E-state index in [4.69, 9.17) is 23.2 Å². The van der Waals surface area contributed by atoms with Gasteiger partial charge in [-0.25, -0.2) is 0 Å². The Morgan fingerprint density at radius 1 is 0.500 bits per heavy atom. The van der Waals surface area contributed by atoms with Crippen molar-refractivity contribution in [2.45, 2.75) is 12.8 Å². The SMILES string of the molecule is ClCCCP(c1ccccc1)c1ccccc1P(CCCCl)c1ccccc1. The number of benzene rings is 3. The molecule has 0 N–H and O–H groups in total. The zero-order valence-electron chi connectivity index (χ0n) is 16.0. The van der Waals surface area contributed by atoms with Crippen LogP contribution in [0.5, 0.6) is 0 Å². The Morgan fingerprint density at radius 2 is 0.857 bits per heavy atom. The molecule has 0 amide bonds. The summed E-state index contributed by atoms with van der Waals surface area (Å²) in [6.45, 7) is 0. The normalized spacial score (nSPS) is 13.2. The smallest absolute Gasteiger partial charge is 0.0227 e. The van der Waals surface area contributed by atoms with Gasteiger partial charge in [0.15, 0.2) is 0 Å². The number of rotatable bonds is 10. The van der Waals surface area contributed by atoms with Gasteiger partial charge in [-0.3, -0.25) is 0 Å². The van der Waals surface area contributed by atoms with Crippen LogP contribution in [0.4, 0.5) is 0 Å². The zero-order chi connectivity index (χ0) is 19.6. The molecule has 2 atom stereocenters. The largest absolute Gasteiger partial charge is 0.127 e. The van der Waals surface area contributed by atoms with Crippen LogP contribution < -0.4 is 21.2 Å². The molecule has 0 aliphatic carbocycles. The second-order valence-electron chi connectivity index (χ2n) is 6.55. The molecule has 0 aliphatic heterocycles. The van der Waals surface area contributed by atoms with Crippen LogP contribution in [0.2, 0.25) is 0 Å². The van der Waals surface area contributed by atoms with Gasteiger partial charge in [-0.15, -0.1) is 23.2 Å². The molecular weight excluding hydrogens is 421 g/mol. The fourth-order valence-corrected chi connectivity index (χ4v) is 9.52. The van der Waals surface area contributed by atoms with Crippen molar-refractivity contribution < 1.29 is 0 Å². The van der Waals surface area contributed by atoms with Crippen molar-refractivity contribution in [2.24, 2.45) is 0 Å². The fourth-order valence-electron chi connectivity index (χ4n) is 3.35. The Morgan fingerprint density at radius 3 is 1.21 bits per heavy atom. The van der Waals surface area contributed by atoms with Gasteiger partial charge in [0, 0.05) is 11.8 Å². The number of hydrogen-bond donors (Lipinski definition) is 0. The van der Waals surface area contributed by atoms with Gasteiger partial charge in [0.05, 0.1) is 0 Å². The number of alkyl halides is 2. The predicted octanol–water partition coefficient (Wildman–Crippen LogP) is 5.81. The molecule has 0 aliphatic rings. The maximum atomic E-state index is 6.09. The first kappa shape index (κ1) is 21.8. The topological polar surface area (TPSA) is 0 Å². The molecule has 0 saturated heterocycles. The number of hydrogen-bond acceptors (Lipinski definition) is 0. The molecule has 28 heavy (non-hydrogen) atoms. The van der Waals surface area contributed by atoms with E-state index in [1.807, 2.05) is 0 Å². The molecule has 3 rings (SSSR count). The molecule has 0 aromatic heterocycles. The van der Waals surface area contributed by atoms with Crippen molar-refractivity contribution in [2.75, 3.05) is 24.1 Å². The average molecular weight is 447 g/mol. The lowest BCUT2D eigenvalue weighted by atomic mass is 10.4. The van der Waals surface area contributed by atoms with E-state index in [0.29, 0.717) is 11.8 Å². The van der Waals surface area contributed by atoms with Crippen LogP contribution in [-0.4, -0.2) is 24.1 Å². The van der Waals surface area contributed by atoms with Gasteiger partial charge in [0.1, 0.15) is 0 Å². The van der Waals surface area contributed by atoms with E-state index >= 15 is 0 Å². The summed E-state index contributed by atoms with van der Waals surface area (Å²) in [5, 5.41) is 5.91. The summed E-state index contributed by atoms with van der Waals surface area (Å²) in [6.07, 6.45) is 4.35. The summed E-state index contributed by atoms with van der Waals surface area (Å²) in [6, 6.07) is 31.0. The molecule has 2 unspecified atom stereocenters. The molecule has 0 radical (unpaired) electrons. The molecular formula is C24H26Cl2P2. The summed E-state index contributed by atoms with van der Waals surface area (Å²) >= 11 is 12.2. The summed E-state index contributed by atoms with van der Waals surface area (Å²) in [5.74, 6) is 1.43. The van der Waals surface area contributed by atoms with Crippen molar-refractivity contribution >= 4 is 60.3 Å². The first-order valence-corrected chi connectivity index (χ1v) is 13.8. The van der Waals surface area contributed by atoms with Gasteiger partial charge in [0.2, 0.25) is 0 Å². The van der Waals surface area contributed by atoms with E-state index in [-0.39, 0.29) is 0 Å². The van der Waals surface area contributed by atoms with E-state index in [2.05, 4.69) is 84.9 Å². The monoisotopic (exact) mass is 446 g/mol. The second-order valence-corrected chi connectivity index (χ2v) is 11.9. The maximum Gasteiger partial charge on any atom is 0.0227 e. The third kappa shape index (κ3) is 5.81. The highest BCUT2D eigenvalue weighted by molar-refractivity contribution is 7.79. The van der Waals surface area contributed by atoms with Gasteiger partial charge in [-0.2, -0.15) is 0 Å². The van der Waals surface area contributed by atoms with Crippen molar-refractivity contribution in [3.63, 3.8) is 0 Å². The molecule has 3 aromatic carbocycles. The zero-order valence-corrected chi connectivity index (χ0v) is 19.3. The molecule has 4 heteroatoms. The summed E-state index contributed by atoms with van der Waals surface area (Å²) < 4.78 is 0. The van der Waals surface area contributed by atoms with Crippen LogP contribution in [0.3, 0.4) is 0 Å². The van der Waals surface area contributed by atoms with Crippen molar-refractivity contribution in [3.8, 4) is 0 Å². The average Bonchev–Trinajstić information content (AvgIpc) is 2.77. The van der Waals surface area contributed by atoms with Crippen molar-refractivity contribution in [1.29, 1.82) is 0 Å². The van der Waals surface area contributed by atoms with Crippen LogP contribution in [0, 0.1) is 0 Å². The first-order valence-electron chi connectivity index (χ1n) is 9.71. The van der Waals surface area contributed by atoms with Crippen LogP contribution in [0.1, 0.15) is 12.8 Å². The third-order valence-corrected chi connectivity index (χ3v) is 10.7. The summed E-state index contributed by atoms with van der Waals surface area (Å²) in [7, 11) is -0.833. The highest BCUT2D eigenvalue weighted by Gasteiger charge is 2.22. The first-order chi connectivity index (χ1) is 13.8. The Labute approximate surface area is 181 Å². The minimum atomic E-state index is -0.417. The minimum Gasteiger partial charge on any atom is -0.127 e. The molecule has 0 spiro atoms. The van der Waals surface area contributed by atoms with E-state index < -0.39 is 15.8 Å². The quantitative estimate of drug-likeness (QED) is 0.272. The van der Waals surface area contributed by atoms with E-state index in [9.17, 15) is 0 Å². The number of halogens is 2. The van der Waals surface area contributed by atoms with Crippen molar-refractivity contribution in [1.82, 2.24) is 0 Å². The Bertz CT molecular complexity index is 754.